The zero-order valence-corrected chi connectivity index (χ0v) is 9.21. The maximum Gasteiger partial charge on any atom is 0.0701 e. The van der Waals surface area contributed by atoms with E-state index in [1.54, 1.807) is 0 Å². The first-order valence-electron chi connectivity index (χ1n) is 5.42. The Morgan fingerprint density at radius 3 is 2.50 bits per heavy atom. The topological polar surface area (TPSA) is 70.5 Å². The minimum Gasteiger partial charge on any atom is -0.379 e. The molecule has 1 atom stereocenters. The Morgan fingerprint density at radius 2 is 1.86 bits per heavy atom. The van der Waals surface area contributed by atoms with Gasteiger partial charge in [-0.05, 0) is 26.3 Å². The van der Waals surface area contributed by atoms with E-state index < -0.39 is 0 Å². The van der Waals surface area contributed by atoms with Crippen molar-refractivity contribution in [2.75, 3.05) is 33.0 Å². The number of ether oxygens (including phenoxy) is 2. The smallest absolute Gasteiger partial charge is 0.0701 e. The van der Waals surface area contributed by atoms with Gasteiger partial charge in [-0.1, -0.05) is 6.42 Å². The Kier molecular flexibility index (Phi) is 10.8. The Balaban J connectivity index is 3.06. The van der Waals surface area contributed by atoms with Gasteiger partial charge in [-0.25, -0.2) is 0 Å². The van der Waals surface area contributed by atoms with Gasteiger partial charge in [0.2, 0.25) is 0 Å². The summed E-state index contributed by atoms with van der Waals surface area (Å²) in [6.07, 6.45) is 3.13. The summed E-state index contributed by atoms with van der Waals surface area (Å²) in [6, 6.07) is 0.142. The zero-order valence-electron chi connectivity index (χ0n) is 9.21. The van der Waals surface area contributed by atoms with Gasteiger partial charge in [0.1, 0.15) is 0 Å². The molecular formula is C10H24N2O2. The lowest BCUT2D eigenvalue weighted by molar-refractivity contribution is 0.0464. The van der Waals surface area contributed by atoms with Crippen LogP contribution in [0.15, 0.2) is 0 Å². The molecule has 1 unspecified atom stereocenters. The van der Waals surface area contributed by atoms with Crippen LogP contribution in [0.5, 0.6) is 0 Å². The van der Waals surface area contributed by atoms with Gasteiger partial charge in [0.25, 0.3) is 0 Å². The molecule has 0 bridgehead atoms. The van der Waals surface area contributed by atoms with E-state index in [2.05, 4.69) is 0 Å². The van der Waals surface area contributed by atoms with Crippen molar-refractivity contribution < 1.29 is 9.47 Å². The summed E-state index contributed by atoms with van der Waals surface area (Å²) in [5.74, 6) is 0. The average molecular weight is 204 g/mol. The van der Waals surface area contributed by atoms with Crippen LogP contribution in [-0.4, -0.2) is 39.0 Å². The molecule has 0 fully saturated rings. The van der Waals surface area contributed by atoms with E-state index in [0.717, 1.165) is 32.4 Å². The molecule has 0 aliphatic heterocycles. The van der Waals surface area contributed by atoms with Crippen molar-refractivity contribution in [3.63, 3.8) is 0 Å². The monoisotopic (exact) mass is 204 g/mol. The molecule has 0 aromatic carbocycles. The Bertz CT molecular complexity index is 112. The summed E-state index contributed by atoms with van der Waals surface area (Å²) in [5.41, 5.74) is 11.2. The fourth-order valence-electron chi connectivity index (χ4n) is 1.13. The molecule has 0 saturated carbocycles. The second-order valence-corrected chi connectivity index (χ2v) is 3.32. The standard InChI is InChI=1S/C10H24N2O2/c1-2-13-7-8-14-9-10(12)5-3-4-6-11/h10H,2-9,11-12H2,1H3. The van der Waals surface area contributed by atoms with Gasteiger partial charge in [0, 0.05) is 12.6 Å². The Labute approximate surface area is 86.9 Å². The minimum atomic E-state index is 0.142. The summed E-state index contributed by atoms with van der Waals surface area (Å²) in [4.78, 5) is 0. The molecule has 0 aromatic heterocycles. The van der Waals surface area contributed by atoms with Crippen LogP contribution in [0.4, 0.5) is 0 Å². The van der Waals surface area contributed by atoms with E-state index in [9.17, 15) is 0 Å². The zero-order chi connectivity index (χ0) is 10.6. The first-order chi connectivity index (χ1) is 6.81. The average Bonchev–Trinajstić information content (AvgIpc) is 2.18. The fourth-order valence-corrected chi connectivity index (χ4v) is 1.13. The molecule has 0 amide bonds. The molecular weight excluding hydrogens is 180 g/mol. The van der Waals surface area contributed by atoms with E-state index in [1.807, 2.05) is 6.92 Å². The van der Waals surface area contributed by atoms with E-state index in [-0.39, 0.29) is 6.04 Å². The molecule has 0 radical (unpaired) electrons. The van der Waals surface area contributed by atoms with Crippen molar-refractivity contribution >= 4 is 0 Å². The predicted molar refractivity (Wildman–Crippen MR) is 58.2 cm³/mol. The third-order valence-electron chi connectivity index (χ3n) is 1.94. The Morgan fingerprint density at radius 1 is 1.14 bits per heavy atom. The van der Waals surface area contributed by atoms with Gasteiger partial charge in [-0.2, -0.15) is 0 Å². The van der Waals surface area contributed by atoms with Crippen molar-refractivity contribution in [3.05, 3.63) is 0 Å². The van der Waals surface area contributed by atoms with Crippen molar-refractivity contribution in [1.82, 2.24) is 0 Å². The summed E-state index contributed by atoms with van der Waals surface area (Å²) < 4.78 is 10.5. The van der Waals surface area contributed by atoms with E-state index >= 15 is 0 Å². The molecule has 0 spiro atoms. The maximum atomic E-state index is 5.82. The van der Waals surface area contributed by atoms with Crippen LogP contribution >= 0.6 is 0 Å². The van der Waals surface area contributed by atoms with Gasteiger partial charge >= 0.3 is 0 Å². The number of unbranched alkanes of at least 4 members (excludes halogenated alkanes) is 1. The number of hydrogen-bond acceptors (Lipinski definition) is 4. The number of rotatable bonds is 10. The predicted octanol–water partition coefficient (Wildman–Crippen LogP) is 0.496. The van der Waals surface area contributed by atoms with Crippen molar-refractivity contribution in [3.8, 4) is 0 Å². The minimum absolute atomic E-state index is 0.142. The van der Waals surface area contributed by atoms with Crippen LogP contribution in [0.3, 0.4) is 0 Å². The third-order valence-corrected chi connectivity index (χ3v) is 1.94. The van der Waals surface area contributed by atoms with E-state index in [0.29, 0.717) is 19.8 Å². The number of nitrogens with two attached hydrogens (primary N) is 2. The lowest BCUT2D eigenvalue weighted by Gasteiger charge is -2.11. The molecule has 0 heterocycles. The molecule has 86 valence electrons. The van der Waals surface area contributed by atoms with Gasteiger partial charge in [0.15, 0.2) is 0 Å². The van der Waals surface area contributed by atoms with Crippen LogP contribution in [0, 0.1) is 0 Å². The lowest BCUT2D eigenvalue weighted by atomic mass is 10.1. The fraction of sp³-hybridized carbons (Fsp3) is 1.00. The third kappa shape index (κ3) is 9.92. The molecule has 0 aromatic rings. The van der Waals surface area contributed by atoms with Gasteiger partial charge in [-0.3, -0.25) is 0 Å². The highest BCUT2D eigenvalue weighted by atomic mass is 16.5. The quantitative estimate of drug-likeness (QED) is 0.508. The molecule has 14 heavy (non-hydrogen) atoms. The second-order valence-electron chi connectivity index (χ2n) is 3.32. The van der Waals surface area contributed by atoms with Crippen LogP contribution in [-0.2, 0) is 9.47 Å². The second kappa shape index (κ2) is 10.9. The first kappa shape index (κ1) is 13.8. The van der Waals surface area contributed by atoms with Crippen LogP contribution < -0.4 is 11.5 Å². The highest BCUT2D eigenvalue weighted by Gasteiger charge is 2.01. The summed E-state index contributed by atoms with van der Waals surface area (Å²) in [6.45, 7) is 5.38. The molecule has 0 aliphatic carbocycles. The SMILES string of the molecule is CCOCCOCC(N)CCCCN. The number of hydrogen-bond donors (Lipinski definition) is 2. The van der Waals surface area contributed by atoms with Gasteiger partial charge in [-0.15, -0.1) is 0 Å². The highest BCUT2D eigenvalue weighted by Crippen LogP contribution is 1.98. The highest BCUT2D eigenvalue weighted by molar-refractivity contribution is 4.59. The first-order valence-corrected chi connectivity index (χ1v) is 5.42. The van der Waals surface area contributed by atoms with E-state index in [4.69, 9.17) is 20.9 Å². The van der Waals surface area contributed by atoms with Crippen LogP contribution in [0.1, 0.15) is 26.2 Å². The largest absolute Gasteiger partial charge is 0.379 e. The van der Waals surface area contributed by atoms with Gasteiger partial charge < -0.3 is 20.9 Å². The van der Waals surface area contributed by atoms with Crippen molar-refractivity contribution in [2.45, 2.75) is 32.2 Å². The summed E-state index contributed by atoms with van der Waals surface area (Å²) in [7, 11) is 0. The normalized spacial score (nSPS) is 13.1. The molecule has 0 rings (SSSR count). The molecule has 4 heteroatoms. The van der Waals surface area contributed by atoms with Crippen molar-refractivity contribution in [2.24, 2.45) is 11.5 Å². The molecule has 0 saturated heterocycles. The summed E-state index contributed by atoms with van der Waals surface area (Å²) >= 11 is 0. The lowest BCUT2D eigenvalue weighted by Crippen LogP contribution is -2.27. The maximum absolute atomic E-state index is 5.82. The summed E-state index contributed by atoms with van der Waals surface area (Å²) in [5, 5.41) is 0. The molecule has 4 nitrogen and oxygen atoms in total. The Hall–Kier alpha value is -0.160. The van der Waals surface area contributed by atoms with Crippen LogP contribution in [0.25, 0.3) is 0 Å². The van der Waals surface area contributed by atoms with Crippen molar-refractivity contribution in [1.29, 1.82) is 0 Å². The molecule has 0 aliphatic rings. The van der Waals surface area contributed by atoms with Gasteiger partial charge in [0.05, 0.1) is 19.8 Å². The van der Waals surface area contributed by atoms with Crippen LogP contribution in [0.2, 0.25) is 0 Å². The molecule has 4 N–H and O–H groups in total. The van der Waals surface area contributed by atoms with E-state index in [1.165, 1.54) is 0 Å².